The van der Waals surface area contributed by atoms with Gasteiger partial charge in [-0.1, -0.05) is 0 Å². The number of esters is 2. The Morgan fingerprint density at radius 2 is 0.564 bits per heavy atom. The molecule has 30 heteroatoms. The van der Waals surface area contributed by atoms with E-state index in [2.05, 4.69) is 0 Å². The highest BCUT2D eigenvalue weighted by Gasteiger charge is 2.83. The van der Waals surface area contributed by atoms with Crippen molar-refractivity contribution < 1.29 is 151 Å². The highest BCUT2D eigenvalue weighted by atomic mass is 16.6. The Bertz CT molecular complexity index is 3320. The van der Waals surface area contributed by atoms with Gasteiger partial charge in [-0.05, 0) is 72.8 Å². The Kier molecular flexibility index (Phi) is 14.6. The second-order valence-corrected chi connectivity index (χ2v) is 16.6. The molecule has 6 aromatic carbocycles. The number of phenolic OH excluding ortho intramolecular Hbond substituents is 18. The molecular weight excluding hydrogens is 1060 g/mol. The highest BCUT2D eigenvalue weighted by molar-refractivity contribution is 6.31. The lowest BCUT2D eigenvalue weighted by Gasteiger charge is -2.53. The summed E-state index contributed by atoms with van der Waals surface area (Å²) in [5.41, 5.74) is -26.8. The van der Waals surface area contributed by atoms with E-state index in [0.29, 0.717) is 0 Å². The molecule has 410 valence electrons. The Morgan fingerprint density at radius 3 is 0.821 bits per heavy atom. The van der Waals surface area contributed by atoms with Crippen molar-refractivity contribution in [3.8, 4) is 103 Å². The van der Waals surface area contributed by atoms with E-state index >= 15 is 28.8 Å². The molecule has 3 unspecified atom stereocenters. The monoisotopic (exact) mass is 1090 g/mol. The largest absolute Gasteiger partial charge is 0.504 e. The van der Waals surface area contributed by atoms with Gasteiger partial charge in [-0.2, -0.15) is 0 Å². The van der Waals surface area contributed by atoms with Crippen LogP contribution in [0.2, 0.25) is 0 Å². The standard InChI is InChI=1S/C48H38O30/c49-13-32(62)43(73)46(76,39(69)14-1-20(50)33(63)21(51)2-14)48(42(72)17-7-26(56)36(66)27(57)8-17,78-45(75)19-11-30(60)38(68)31(61)12-19)47(40(70)15-3-22(52)34(64)23(53)4-15,41(71)16-5-24(54)35(65)25(55)6-16)77-44(74)18-9-28(58)37(67)29(59)10-18/h1-12,32,43,49-68,73,76H,13H2/t32?,43?,46?,48-/m1/s1. The summed E-state index contributed by atoms with van der Waals surface area (Å²) in [7, 11) is 0. The maximum Gasteiger partial charge on any atom is 0.340 e. The van der Waals surface area contributed by atoms with Crippen LogP contribution in [0.5, 0.6) is 103 Å². The van der Waals surface area contributed by atoms with E-state index in [9.17, 15) is 112 Å². The van der Waals surface area contributed by atoms with Crippen molar-refractivity contribution >= 4 is 35.1 Å². The van der Waals surface area contributed by atoms with E-state index in [-0.39, 0.29) is 72.8 Å². The van der Waals surface area contributed by atoms with Crippen LogP contribution in [0.25, 0.3) is 0 Å². The van der Waals surface area contributed by atoms with Gasteiger partial charge in [0.25, 0.3) is 11.2 Å². The summed E-state index contributed by atoms with van der Waals surface area (Å²) in [6, 6.07) is 0.102. The van der Waals surface area contributed by atoms with Crippen LogP contribution in [-0.2, 0) is 9.47 Å². The van der Waals surface area contributed by atoms with Crippen molar-refractivity contribution in [2.75, 3.05) is 6.61 Å². The molecule has 4 atom stereocenters. The van der Waals surface area contributed by atoms with Gasteiger partial charge < -0.3 is 122 Å². The predicted molar refractivity (Wildman–Crippen MR) is 246 cm³/mol. The minimum atomic E-state index is -5.73. The number of hydrogen-bond acceptors (Lipinski definition) is 30. The fourth-order valence-electron chi connectivity index (χ4n) is 7.88. The molecular formula is C48H38O30. The molecule has 0 aliphatic heterocycles. The number of phenols is 18. The number of rotatable bonds is 17. The molecule has 6 aromatic rings. The van der Waals surface area contributed by atoms with Crippen molar-refractivity contribution in [1.82, 2.24) is 0 Å². The molecule has 0 heterocycles. The molecule has 0 radical (unpaired) electrons. The first kappa shape index (κ1) is 56.5. The van der Waals surface area contributed by atoms with Crippen LogP contribution in [0, 0.1) is 0 Å². The Balaban J connectivity index is 2.09. The van der Waals surface area contributed by atoms with E-state index in [0.717, 1.165) is 0 Å². The number of benzene rings is 6. The number of Topliss-reactive ketones (excluding diaryl/α,β-unsaturated/α-hetero) is 4. The summed E-state index contributed by atoms with van der Waals surface area (Å²) >= 11 is 0. The number of aliphatic hydroxyl groups is 4. The Morgan fingerprint density at radius 1 is 0.346 bits per heavy atom. The number of ketones is 4. The van der Waals surface area contributed by atoms with Crippen LogP contribution in [0.1, 0.15) is 62.1 Å². The smallest absolute Gasteiger partial charge is 0.340 e. The number of carbonyl (C=O) groups excluding carboxylic acids is 6. The SMILES string of the molecule is O=C(OC(C(=O)c1cc(O)c(O)c(O)c1)(C(=O)c1cc(O)c(O)c(O)c1)[C@@](OC(=O)c1cc(O)c(O)c(O)c1)(C(=O)c1cc(O)c(O)c(O)c1)C(O)(C(=O)c1cc(O)c(O)c(O)c1)C(O)C(O)CO)c1cc(O)c(O)c(O)c1. The van der Waals surface area contributed by atoms with Crippen LogP contribution in [0.15, 0.2) is 72.8 Å². The fraction of sp³-hybridized carbons (Fsp3) is 0.125. The quantitative estimate of drug-likeness (QED) is 0.0244. The second-order valence-electron chi connectivity index (χ2n) is 16.6. The first-order chi connectivity index (χ1) is 36.2. The zero-order chi connectivity index (χ0) is 58.6. The summed E-state index contributed by atoms with van der Waals surface area (Å²) in [5, 5.41) is 238. The third-order valence-corrected chi connectivity index (χ3v) is 11.7. The molecule has 0 amide bonds. The third kappa shape index (κ3) is 8.95. The molecule has 6 rings (SSSR count). The van der Waals surface area contributed by atoms with E-state index in [1.165, 1.54) is 0 Å². The Labute approximate surface area is 430 Å². The topological polar surface area (TPSA) is 566 Å². The van der Waals surface area contributed by atoms with Crippen molar-refractivity contribution in [1.29, 1.82) is 0 Å². The van der Waals surface area contributed by atoms with Crippen LogP contribution in [-0.4, -0.2) is 183 Å². The van der Waals surface area contributed by atoms with Crippen molar-refractivity contribution in [3.63, 3.8) is 0 Å². The molecule has 0 aliphatic carbocycles. The van der Waals surface area contributed by atoms with Gasteiger partial charge in [0.15, 0.2) is 103 Å². The average Bonchev–Trinajstić information content (AvgIpc) is 3.48. The molecule has 0 saturated heterocycles. The molecule has 0 fully saturated rings. The summed E-state index contributed by atoms with van der Waals surface area (Å²) in [5.74, 6) is -45.4. The van der Waals surface area contributed by atoms with Crippen molar-refractivity contribution in [2.45, 2.75) is 29.0 Å². The normalized spacial score (nSPS) is 13.7. The lowest BCUT2D eigenvalue weighted by atomic mass is 9.57. The number of carbonyl (C=O) groups is 6. The number of aliphatic hydroxyl groups excluding tert-OH is 3. The van der Waals surface area contributed by atoms with Crippen molar-refractivity contribution in [3.05, 3.63) is 106 Å². The van der Waals surface area contributed by atoms with Crippen LogP contribution in [0.4, 0.5) is 0 Å². The van der Waals surface area contributed by atoms with E-state index in [1.807, 2.05) is 0 Å². The third-order valence-electron chi connectivity index (χ3n) is 11.7. The van der Waals surface area contributed by atoms with Crippen LogP contribution < -0.4 is 0 Å². The first-order valence-electron chi connectivity index (χ1n) is 21.1. The van der Waals surface area contributed by atoms with E-state index in [1.54, 1.807) is 0 Å². The minimum absolute atomic E-state index is 0.00283. The molecule has 0 spiro atoms. The molecule has 30 nitrogen and oxygen atoms in total. The summed E-state index contributed by atoms with van der Waals surface area (Å²) in [4.78, 5) is 95.0. The lowest BCUT2D eigenvalue weighted by molar-refractivity contribution is -0.217. The van der Waals surface area contributed by atoms with Gasteiger partial charge in [0.2, 0.25) is 28.7 Å². The van der Waals surface area contributed by atoms with E-state index in [4.69, 9.17) is 9.47 Å². The van der Waals surface area contributed by atoms with Crippen LogP contribution >= 0.6 is 0 Å². The molecule has 0 bridgehead atoms. The predicted octanol–water partition coefficient (Wildman–Crippen LogP) is -0.144. The summed E-state index contributed by atoms with van der Waals surface area (Å²) < 4.78 is 11.2. The lowest BCUT2D eigenvalue weighted by Crippen LogP contribution is -2.84. The van der Waals surface area contributed by atoms with Crippen LogP contribution in [0.3, 0.4) is 0 Å². The summed E-state index contributed by atoms with van der Waals surface area (Å²) in [6.45, 7) is -2.03. The Hall–Kier alpha value is -10.8. The van der Waals surface area contributed by atoms with Crippen molar-refractivity contribution in [2.24, 2.45) is 0 Å². The van der Waals surface area contributed by atoms with E-state index < -0.39 is 208 Å². The zero-order valence-electron chi connectivity index (χ0n) is 38.4. The van der Waals surface area contributed by atoms with Gasteiger partial charge in [0.05, 0.1) is 17.7 Å². The minimum Gasteiger partial charge on any atom is -0.504 e. The molecule has 0 aromatic heterocycles. The number of ether oxygens (including phenoxy) is 2. The van der Waals surface area contributed by atoms with Gasteiger partial charge >= 0.3 is 11.9 Å². The average molecular weight is 1090 g/mol. The highest BCUT2D eigenvalue weighted by Crippen LogP contribution is 2.54. The zero-order valence-corrected chi connectivity index (χ0v) is 38.4. The van der Waals surface area contributed by atoms with Gasteiger partial charge in [-0.3, -0.25) is 19.2 Å². The molecule has 78 heavy (non-hydrogen) atoms. The molecule has 0 aliphatic rings. The maximum atomic E-state index is 16.5. The molecule has 0 saturated carbocycles. The van der Waals surface area contributed by atoms with Gasteiger partial charge in [0.1, 0.15) is 12.2 Å². The van der Waals surface area contributed by atoms with Gasteiger partial charge in [-0.25, -0.2) is 9.59 Å². The first-order valence-corrected chi connectivity index (χ1v) is 21.1. The maximum absolute atomic E-state index is 16.5. The second kappa shape index (κ2) is 20.1. The van der Waals surface area contributed by atoms with Gasteiger partial charge in [-0.15, -0.1) is 0 Å². The number of hydrogen-bond donors (Lipinski definition) is 22. The summed E-state index contributed by atoms with van der Waals surface area (Å²) in [6.07, 6.45) is -7.45. The fourth-order valence-corrected chi connectivity index (χ4v) is 7.88. The van der Waals surface area contributed by atoms with Gasteiger partial charge in [0, 0.05) is 22.3 Å². The molecule has 22 N–H and O–H groups in total. The number of aromatic hydroxyl groups is 18.